The van der Waals surface area contributed by atoms with Crippen molar-refractivity contribution in [1.82, 2.24) is 5.32 Å². The highest BCUT2D eigenvalue weighted by molar-refractivity contribution is 4.91. The van der Waals surface area contributed by atoms with Crippen LogP contribution in [0.3, 0.4) is 0 Å². The molecule has 2 saturated carbocycles. The zero-order valence-corrected chi connectivity index (χ0v) is 11.1. The normalized spacial score (nSPS) is 31.3. The van der Waals surface area contributed by atoms with Crippen molar-refractivity contribution < 1.29 is 13.2 Å². The fraction of sp³-hybridized carbons (Fsp3) is 1.00. The summed E-state index contributed by atoms with van der Waals surface area (Å²) in [5.41, 5.74) is 0. The Kier molecular flexibility index (Phi) is 4.57. The van der Waals surface area contributed by atoms with Crippen LogP contribution in [0.4, 0.5) is 13.2 Å². The van der Waals surface area contributed by atoms with Crippen LogP contribution in [-0.4, -0.2) is 18.8 Å². The molecule has 4 heteroatoms. The maximum Gasteiger partial charge on any atom is 0.392 e. The molecule has 0 amide bonds. The van der Waals surface area contributed by atoms with Gasteiger partial charge in [-0.05, 0) is 37.6 Å². The van der Waals surface area contributed by atoms with E-state index in [1.165, 1.54) is 12.8 Å². The first-order chi connectivity index (χ1) is 8.52. The molecule has 0 spiro atoms. The lowest BCUT2D eigenvalue weighted by molar-refractivity contribution is -0.199. The molecule has 1 nitrogen and oxygen atoms in total. The Balaban J connectivity index is 2.03. The first kappa shape index (κ1) is 14.2. The van der Waals surface area contributed by atoms with E-state index in [1.54, 1.807) is 0 Å². The average molecular weight is 263 g/mol. The molecular weight excluding hydrogens is 239 g/mol. The van der Waals surface area contributed by atoms with Gasteiger partial charge in [0.05, 0.1) is 5.92 Å². The molecule has 2 aliphatic rings. The zero-order valence-electron chi connectivity index (χ0n) is 11.1. The van der Waals surface area contributed by atoms with Gasteiger partial charge in [-0.2, -0.15) is 13.2 Å². The van der Waals surface area contributed by atoms with Crippen molar-refractivity contribution in [3.8, 4) is 0 Å². The molecule has 2 aliphatic carbocycles. The van der Waals surface area contributed by atoms with Crippen LogP contribution < -0.4 is 5.32 Å². The van der Waals surface area contributed by atoms with Gasteiger partial charge in [-0.25, -0.2) is 0 Å². The number of halogens is 3. The van der Waals surface area contributed by atoms with Crippen molar-refractivity contribution in [1.29, 1.82) is 0 Å². The van der Waals surface area contributed by atoms with Crippen LogP contribution >= 0.6 is 0 Å². The third-order valence-electron chi connectivity index (χ3n) is 4.51. The summed E-state index contributed by atoms with van der Waals surface area (Å²) in [6, 6.07) is 0.0782. The maximum absolute atomic E-state index is 13.1. The van der Waals surface area contributed by atoms with E-state index in [-0.39, 0.29) is 12.0 Å². The Morgan fingerprint density at radius 1 is 1.11 bits per heavy atom. The third-order valence-corrected chi connectivity index (χ3v) is 4.51. The lowest BCUT2D eigenvalue weighted by Gasteiger charge is -2.38. The van der Waals surface area contributed by atoms with Crippen LogP contribution in [0.1, 0.15) is 51.9 Å². The van der Waals surface area contributed by atoms with Crippen molar-refractivity contribution in [3.63, 3.8) is 0 Å². The molecule has 0 heterocycles. The van der Waals surface area contributed by atoms with Crippen molar-refractivity contribution in [3.05, 3.63) is 0 Å². The SMILES string of the molecule is CCNC(CC1CC1)C1CCCCC1C(F)(F)F. The van der Waals surface area contributed by atoms with Crippen LogP contribution in [0.2, 0.25) is 0 Å². The van der Waals surface area contributed by atoms with Gasteiger partial charge in [0.15, 0.2) is 0 Å². The molecule has 0 radical (unpaired) electrons. The summed E-state index contributed by atoms with van der Waals surface area (Å²) < 4.78 is 39.4. The molecule has 0 saturated heterocycles. The van der Waals surface area contributed by atoms with Gasteiger partial charge in [-0.15, -0.1) is 0 Å². The topological polar surface area (TPSA) is 12.0 Å². The summed E-state index contributed by atoms with van der Waals surface area (Å²) in [6.07, 6.45) is 2.14. The Bertz CT molecular complexity index is 260. The largest absolute Gasteiger partial charge is 0.392 e. The lowest BCUT2D eigenvalue weighted by atomic mass is 9.73. The summed E-state index contributed by atoms with van der Waals surface area (Å²) >= 11 is 0. The van der Waals surface area contributed by atoms with Gasteiger partial charge in [0.25, 0.3) is 0 Å². The van der Waals surface area contributed by atoms with Gasteiger partial charge in [0.2, 0.25) is 0 Å². The van der Waals surface area contributed by atoms with E-state index in [9.17, 15) is 13.2 Å². The Morgan fingerprint density at radius 3 is 2.33 bits per heavy atom. The van der Waals surface area contributed by atoms with Gasteiger partial charge in [-0.3, -0.25) is 0 Å². The highest BCUT2D eigenvalue weighted by atomic mass is 19.4. The van der Waals surface area contributed by atoms with Gasteiger partial charge < -0.3 is 5.32 Å². The minimum Gasteiger partial charge on any atom is -0.314 e. The second-order valence-corrected chi connectivity index (χ2v) is 5.94. The first-order valence-corrected chi connectivity index (χ1v) is 7.32. The molecular formula is C14H24F3N. The fourth-order valence-electron chi connectivity index (χ4n) is 3.43. The number of alkyl halides is 3. The van der Waals surface area contributed by atoms with Gasteiger partial charge in [0.1, 0.15) is 0 Å². The molecule has 2 rings (SSSR count). The van der Waals surface area contributed by atoms with E-state index in [0.29, 0.717) is 12.3 Å². The van der Waals surface area contributed by atoms with Crippen LogP contribution in [0.25, 0.3) is 0 Å². The van der Waals surface area contributed by atoms with Crippen molar-refractivity contribution >= 4 is 0 Å². The quantitative estimate of drug-likeness (QED) is 0.786. The zero-order chi connectivity index (χ0) is 13.2. The highest BCUT2D eigenvalue weighted by Gasteiger charge is 2.48. The summed E-state index contributed by atoms with van der Waals surface area (Å²) in [6.45, 7) is 2.77. The second-order valence-electron chi connectivity index (χ2n) is 5.94. The molecule has 0 aromatic carbocycles. The number of hydrogen-bond donors (Lipinski definition) is 1. The minimum absolute atomic E-state index is 0.0782. The summed E-state index contributed by atoms with van der Waals surface area (Å²) in [4.78, 5) is 0. The van der Waals surface area contributed by atoms with Crippen molar-refractivity contribution in [2.45, 2.75) is 64.1 Å². The molecule has 0 aromatic rings. The van der Waals surface area contributed by atoms with E-state index in [0.717, 1.165) is 32.2 Å². The predicted molar refractivity (Wildman–Crippen MR) is 66.3 cm³/mol. The van der Waals surface area contributed by atoms with Crippen LogP contribution in [-0.2, 0) is 0 Å². The number of rotatable bonds is 5. The summed E-state index contributed by atoms with van der Waals surface area (Å²) in [5, 5.41) is 3.33. The van der Waals surface area contributed by atoms with Crippen LogP contribution in [0, 0.1) is 17.8 Å². The molecule has 3 atom stereocenters. The molecule has 3 unspecified atom stereocenters. The van der Waals surface area contributed by atoms with E-state index in [2.05, 4.69) is 5.32 Å². The molecule has 106 valence electrons. The summed E-state index contributed by atoms with van der Waals surface area (Å²) in [5.74, 6) is -0.585. The molecule has 0 bridgehead atoms. The average Bonchev–Trinajstić information content (AvgIpc) is 3.11. The molecule has 18 heavy (non-hydrogen) atoms. The first-order valence-electron chi connectivity index (χ1n) is 7.32. The third kappa shape index (κ3) is 3.62. The Hall–Kier alpha value is -0.250. The maximum atomic E-state index is 13.1. The number of nitrogens with one attached hydrogen (secondary N) is 1. The Morgan fingerprint density at radius 2 is 1.78 bits per heavy atom. The summed E-state index contributed by atoms with van der Waals surface area (Å²) in [7, 11) is 0. The molecule has 0 aliphatic heterocycles. The van der Waals surface area contributed by atoms with E-state index < -0.39 is 12.1 Å². The fourth-order valence-corrected chi connectivity index (χ4v) is 3.43. The molecule has 2 fully saturated rings. The monoisotopic (exact) mass is 263 g/mol. The lowest BCUT2D eigenvalue weighted by Crippen LogP contribution is -2.45. The molecule has 0 aromatic heterocycles. The smallest absolute Gasteiger partial charge is 0.314 e. The van der Waals surface area contributed by atoms with Gasteiger partial charge in [0, 0.05) is 6.04 Å². The van der Waals surface area contributed by atoms with Crippen LogP contribution in [0.15, 0.2) is 0 Å². The van der Waals surface area contributed by atoms with Crippen molar-refractivity contribution in [2.24, 2.45) is 17.8 Å². The molecule has 1 N–H and O–H groups in total. The van der Waals surface area contributed by atoms with Gasteiger partial charge in [-0.1, -0.05) is 32.6 Å². The van der Waals surface area contributed by atoms with E-state index >= 15 is 0 Å². The number of hydrogen-bond acceptors (Lipinski definition) is 1. The highest BCUT2D eigenvalue weighted by Crippen LogP contribution is 2.45. The van der Waals surface area contributed by atoms with Crippen molar-refractivity contribution in [2.75, 3.05) is 6.54 Å². The van der Waals surface area contributed by atoms with E-state index in [4.69, 9.17) is 0 Å². The standard InChI is InChI=1S/C14H24F3N/c1-2-18-13(9-10-7-8-10)11-5-3-4-6-12(11)14(15,16)17/h10-13,18H,2-9H2,1H3. The van der Waals surface area contributed by atoms with Gasteiger partial charge >= 0.3 is 6.18 Å². The second kappa shape index (κ2) is 5.81. The minimum atomic E-state index is -4.01. The Labute approximate surface area is 108 Å². The predicted octanol–water partition coefficient (Wildman–Crippen LogP) is 4.13. The van der Waals surface area contributed by atoms with Crippen LogP contribution in [0.5, 0.6) is 0 Å². The van der Waals surface area contributed by atoms with E-state index in [1.807, 2.05) is 6.92 Å².